The zero-order valence-corrected chi connectivity index (χ0v) is 22.5. The number of hydrogen-bond donors (Lipinski definition) is 1. The number of carbonyl (C=O) groups is 2. The molecule has 0 amide bonds. The summed E-state index contributed by atoms with van der Waals surface area (Å²) < 4.78 is 5.41. The number of allylic oxidation sites excluding steroid dienone is 1. The van der Waals surface area contributed by atoms with Gasteiger partial charge in [-0.1, -0.05) is 74.9 Å². The first kappa shape index (κ1) is 30.3. The second-order valence-corrected chi connectivity index (χ2v) is 9.96. The molecule has 1 fully saturated rings. The van der Waals surface area contributed by atoms with E-state index < -0.39 is 0 Å². The zero-order chi connectivity index (χ0) is 26.4. The molecule has 1 N–H and O–H groups in total. The maximum Gasteiger partial charge on any atom is 0.142 e. The van der Waals surface area contributed by atoms with Crippen molar-refractivity contribution in [2.24, 2.45) is 11.3 Å². The van der Waals surface area contributed by atoms with Gasteiger partial charge in [0.2, 0.25) is 0 Å². The number of ether oxygens (including phenoxy) is 1. The van der Waals surface area contributed by atoms with E-state index in [1.807, 2.05) is 25.1 Å². The number of phenolic OH excluding ortho intramolecular Hbond substituents is 1. The molecule has 4 heteroatoms. The lowest BCUT2D eigenvalue weighted by Crippen LogP contribution is -2.40. The molecule has 0 spiro atoms. The van der Waals surface area contributed by atoms with Crippen molar-refractivity contribution in [2.75, 3.05) is 13.2 Å². The van der Waals surface area contributed by atoms with E-state index in [2.05, 4.69) is 51.6 Å². The van der Waals surface area contributed by atoms with E-state index in [0.29, 0.717) is 32.0 Å². The maximum atomic E-state index is 12.9. The Labute approximate surface area is 212 Å². The number of rotatable bonds is 7. The van der Waals surface area contributed by atoms with Crippen LogP contribution in [0.4, 0.5) is 0 Å². The van der Waals surface area contributed by atoms with E-state index >= 15 is 0 Å². The van der Waals surface area contributed by atoms with Crippen molar-refractivity contribution in [3.05, 3.63) is 77.9 Å². The van der Waals surface area contributed by atoms with Crippen LogP contribution in [0.5, 0.6) is 5.75 Å². The number of carbonyl (C=O) groups excluding carboxylic acids is 2. The van der Waals surface area contributed by atoms with Crippen LogP contribution in [0.2, 0.25) is 0 Å². The molecule has 1 unspecified atom stereocenters. The maximum absolute atomic E-state index is 12.9. The lowest BCUT2D eigenvalue weighted by molar-refractivity contribution is -0.137. The Bertz CT molecular complexity index is 917. The number of para-hydroxylation sites is 1. The Morgan fingerprint density at radius 2 is 1.57 bits per heavy atom. The third-order valence-electron chi connectivity index (χ3n) is 6.22. The molecule has 1 saturated heterocycles. The Morgan fingerprint density at radius 1 is 1.03 bits per heavy atom. The summed E-state index contributed by atoms with van der Waals surface area (Å²) in [6, 6.07) is 15.9. The quantitative estimate of drug-likeness (QED) is 0.425. The van der Waals surface area contributed by atoms with E-state index in [9.17, 15) is 14.7 Å². The predicted octanol–water partition coefficient (Wildman–Crippen LogP) is 7.23. The second kappa shape index (κ2) is 15.3. The SMILES string of the molecule is C=CCC1(C(=O)C(C)Cc2ccccc2O)CCOCC1.CC(C)=O.Cc1ccc(C(C)C)cc1. The van der Waals surface area contributed by atoms with Gasteiger partial charge in [0.05, 0.1) is 0 Å². The van der Waals surface area contributed by atoms with E-state index in [1.54, 1.807) is 12.1 Å². The molecule has 192 valence electrons. The Hall–Kier alpha value is -2.72. The highest BCUT2D eigenvalue weighted by molar-refractivity contribution is 5.87. The van der Waals surface area contributed by atoms with E-state index in [1.165, 1.54) is 25.0 Å². The fourth-order valence-corrected chi connectivity index (χ4v) is 4.17. The van der Waals surface area contributed by atoms with Crippen molar-refractivity contribution < 1.29 is 19.4 Å². The lowest BCUT2D eigenvalue weighted by atomic mass is 9.69. The first-order valence-electron chi connectivity index (χ1n) is 12.6. The molecular weight excluding hydrogens is 436 g/mol. The van der Waals surface area contributed by atoms with Gasteiger partial charge in [-0.3, -0.25) is 4.79 Å². The molecule has 35 heavy (non-hydrogen) atoms. The summed E-state index contributed by atoms with van der Waals surface area (Å²) in [6.45, 7) is 16.6. The summed E-state index contributed by atoms with van der Waals surface area (Å²) in [5.41, 5.74) is 3.26. The molecule has 1 atom stereocenters. The average Bonchev–Trinajstić information content (AvgIpc) is 2.81. The highest BCUT2D eigenvalue weighted by Crippen LogP contribution is 2.38. The molecule has 1 aliphatic heterocycles. The Morgan fingerprint density at radius 3 is 2.06 bits per heavy atom. The number of aromatic hydroxyl groups is 1. The minimum Gasteiger partial charge on any atom is -0.508 e. The van der Waals surface area contributed by atoms with Gasteiger partial charge in [0, 0.05) is 24.5 Å². The molecule has 0 radical (unpaired) electrons. The molecule has 1 aliphatic rings. The summed E-state index contributed by atoms with van der Waals surface area (Å²) in [5.74, 6) is 1.24. The van der Waals surface area contributed by atoms with Gasteiger partial charge >= 0.3 is 0 Å². The second-order valence-electron chi connectivity index (χ2n) is 9.96. The fraction of sp³-hybridized carbons (Fsp3) is 0.484. The number of benzene rings is 2. The number of phenols is 1. The fourth-order valence-electron chi connectivity index (χ4n) is 4.17. The van der Waals surface area contributed by atoms with Crippen LogP contribution in [-0.2, 0) is 20.7 Å². The summed E-state index contributed by atoms with van der Waals surface area (Å²) in [6.07, 6.45) is 4.66. The molecule has 2 aromatic carbocycles. The number of ketones is 2. The molecular formula is C31H44O4. The van der Waals surface area contributed by atoms with Crippen LogP contribution in [0, 0.1) is 18.3 Å². The predicted molar refractivity (Wildman–Crippen MR) is 145 cm³/mol. The van der Waals surface area contributed by atoms with Crippen LogP contribution >= 0.6 is 0 Å². The van der Waals surface area contributed by atoms with Gasteiger partial charge in [0.25, 0.3) is 0 Å². The van der Waals surface area contributed by atoms with Gasteiger partial charge in [0.1, 0.15) is 17.3 Å². The van der Waals surface area contributed by atoms with E-state index in [4.69, 9.17) is 4.74 Å². The molecule has 0 bridgehead atoms. The first-order valence-corrected chi connectivity index (χ1v) is 12.6. The molecule has 2 aromatic rings. The van der Waals surface area contributed by atoms with Crippen molar-refractivity contribution >= 4 is 11.6 Å². The van der Waals surface area contributed by atoms with Gasteiger partial charge in [-0.15, -0.1) is 6.58 Å². The minimum absolute atomic E-state index is 0.114. The van der Waals surface area contributed by atoms with Gasteiger partial charge < -0.3 is 14.6 Å². The monoisotopic (exact) mass is 480 g/mol. The van der Waals surface area contributed by atoms with E-state index in [-0.39, 0.29) is 28.6 Å². The van der Waals surface area contributed by atoms with Crippen LogP contribution in [0.3, 0.4) is 0 Å². The zero-order valence-electron chi connectivity index (χ0n) is 22.5. The third kappa shape index (κ3) is 10.6. The summed E-state index contributed by atoms with van der Waals surface area (Å²) in [4.78, 5) is 22.4. The van der Waals surface area contributed by atoms with Crippen LogP contribution < -0.4 is 0 Å². The Kier molecular flexibility index (Phi) is 13.3. The van der Waals surface area contributed by atoms with Crippen molar-refractivity contribution in [3.8, 4) is 5.75 Å². The molecule has 1 heterocycles. The largest absolute Gasteiger partial charge is 0.508 e. The molecule has 0 aromatic heterocycles. The van der Waals surface area contributed by atoms with Crippen molar-refractivity contribution in [2.45, 2.75) is 73.1 Å². The number of aryl methyl sites for hydroxylation is 1. The van der Waals surface area contributed by atoms with Crippen molar-refractivity contribution in [3.63, 3.8) is 0 Å². The highest BCUT2D eigenvalue weighted by atomic mass is 16.5. The van der Waals surface area contributed by atoms with E-state index in [0.717, 1.165) is 18.4 Å². The molecule has 0 saturated carbocycles. The van der Waals surface area contributed by atoms with Gasteiger partial charge in [-0.2, -0.15) is 0 Å². The van der Waals surface area contributed by atoms with Crippen LogP contribution in [0.25, 0.3) is 0 Å². The first-order chi connectivity index (χ1) is 16.5. The topological polar surface area (TPSA) is 63.6 Å². The van der Waals surface area contributed by atoms with Crippen LogP contribution in [0.15, 0.2) is 61.2 Å². The minimum atomic E-state index is -0.330. The number of Topliss-reactive ketones (excluding diaryl/α,β-unsaturated/α-hetero) is 2. The van der Waals surface area contributed by atoms with Crippen molar-refractivity contribution in [1.82, 2.24) is 0 Å². The highest BCUT2D eigenvalue weighted by Gasteiger charge is 2.40. The third-order valence-corrected chi connectivity index (χ3v) is 6.22. The smallest absolute Gasteiger partial charge is 0.142 e. The number of hydrogen-bond acceptors (Lipinski definition) is 4. The van der Waals surface area contributed by atoms with Crippen LogP contribution in [-0.4, -0.2) is 29.9 Å². The van der Waals surface area contributed by atoms with Gasteiger partial charge in [-0.05, 0) is 69.6 Å². The standard InChI is InChI=1S/C18H24O3.C10H14.C3H6O/c1-3-8-18(9-11-21-12-10-18)17(20)14(2)13-15-6-4-5-7-16(15)19;1-8(2)10-6-4-9(3)5-7-10;1-3(2)4/h3-7,14,19H,1,8-13H2,2H3;4-8H,1-3H3;1-2H3. The summed E-state index contributed by atoms with van der Waals surface area (Å²) >= 11 is 0. The molecule has 0 aliphatic carbocycles. The van der Waals surface area contributed by atoms with Crippen molar-refractivity contribution in [1.29, 1.82) is 0 Å². The average molecular weight is 481 g/mol. The molecule has 4 nitrogen and oxygen atoms in total. The summed E-state index contributed by atoms with van der Waals surface area (Å²) in [7, 11) is 0. The summed E-state index contributed by atoms with van der Waals surface area (Å²) in [5, 5.41) is 9.87. The Balaban J connectivity index is 0.000000362. The normalized spacial score (nSPS) is 15.1. The lowest BCUT2D eigenvalue weighted by Gasteiger charge is -2.37. The molecule has 3 rings (SSSR count). The van der Waals surface area contributed by atoms with Crippen LogP contribution in [0.1, 0.15) is 76.5 Å². The van der Waals surface area contributed by atoms with Gasteiger partial charge in [-0.25, -0.2) is 0 Å². The van der Waals surface area contributed by atoms with Gasteiger partial charge in [0.15, 0.2) is 0 Å².